The third kappa shape index (κ3) is 9.39. The highest BCUT2D eigenvalue weighted by Crippen LogP contribution is 2.45. The first-order valence-corrected chi connectivity index (χ1v) is 16.2. The predicted octanol–water partition coefficient (Wildman–Crippen LogP) is 2.07. The first-order chi connectivity index (χ1) is 20.3. The summed E-state index contributed by atoms with van der Waals surface area (Å²) < 4.78 is 5.52. The Morgan fingerprint density at radius 3 is 2.11 bits per heavy atom. The average Bonchev–Trinajstić information content (AvgIpc) is 3.84. The van der Waals surface area contributed by atoms with E-state index in [9.17, 15) is 29.1 Å². The van der Waals surface area contributed by atoms with Gasteiger partial charge >= 0.3 is 12.0 Å². The number of hydrogen-bond donors (Lipinski definition) is 5. The molecule has 1 heterocycles. The van der Waals surface area contributed by atoms with Gasteiger partial charge in [-0.05, 0) is 54.8 Å². The van der Waals surface area contributed by atoms with Crippen LogP contribution in [0.4, 0.5) is 4.79 Å². The molecule has 0 radical (unpaired) electrons. The van der Waals surface area contributed by atoms with E-state index in [1.165, 1.54) is 0 Å². The molecule has 12 nitrogen and oxygen atoms in total. The third-order valence-corrected chi connectivity index (χ3v) is 9.42. The molecule has 44 heavy (non-hydrogen) atoms. The minimum atomic E-state index is -1.30. The molecule has 0 bridgehead atoms. The van der Waals surface area contributed by atoms with Gasteiger partial charge in [0.05, 0.1) is 18.7 Å². The van der Waals surface area contributed by atoms with Gasteiger partial charge in [-0.1, -0.05) is 68.2 Å². The number of aliphatic hydroxyl groups excluding tert-OH is 1. The number of ketones is 1. The summed E-state index contributed by atoms with van der Waals surface area (Å²) in [5.41, 5.74) is 4.59. The van der Waals surface area contributed by atoms with E-state index in [-0.39, 0.29) is 35.0 Å². The number of aliphatic hydroxyl groups is 1. The van der Waals surface area contributed by atoms with Crippen LogP contribution in [0, 0.1) is 34.5 Å². The van der Waals surface area contributed by atoms with Crippen LogP contribution < -0.4 is 21.7 Å². The molecule has 2 aliphatic carbocycles. The number of carbonyl (C=O) groups is 5. The van der Waals surface area contributed by atoms with Crippen LogP contribution in [0.1, 0.15) is 93.9 Å². The summed E-state index contributed by atoms with van der Waals surface area (Å²) in [5.74, 6) is -2.72. The van der Waals surface area contributed by atoms with Crippen LogP contribution in [0.3, 0.4) is 0 Å². The number of nitrogens with zero attached hydrogens (tertiary/aromatic N) is 1. The lowest BCUT2D eigenvalue weighted by Crippen LogP contribution is -2.63. The lowest BCUT2D eigenvalue weighted by atomic mass is 9.84. The number of carbonyl (C=O) groups excluding carboxylic acids is 5. The molecular formula is C32H55N5O7. The highest BCUT2D eigenvalue weighted by atomic mass is 16.5. The SMILES string of the molecule is CC(C)[C@H](NC(=O)N[C@H](C(=O)N1CC[C@H](C(C)C)[C@H]1C(O)NC(CC1CC1)C(=O)C(N)=O)C(C)(C)C)C(=O)OCC1(C)CC1. The number of urea groups is 1. The zero-order valence-electron chi connectivity index (χ0n) is 27.8. The first kappa shape index (κ1) is 35.7. The van der Waals surface area contributed by atoms with Crippen molar-refractivity contribution < 1.29 is 33.8 Å². The molecule has 3 rings (SSSR count). The maximum Gasteiger partial charge on any atom is 0.328 e. The standard InChI is InChI=1S/C32H55N5O7/c1-17(2)20-11-14-37(23(20)27(40)34-21(15-19-9-10-19)24(38)26(33)39)28(41)25(31(5,6)7)36-30(43)35-22(18(3)4)29(42)44-16-32(8)12-13-32/h17-23,25,27,34,40H,9-16H2,1-8H3,(H2,33,39)(H2,35,36,43)/t20-,21?,22+,23+,25-,27?/m1/s1. The number of amides is 4. The number of likely N-dealkylation sites (tertiary alicyclic amines) is 1. The normalized spacial score (nSPS) is 23.9. The van der Waals surface area contributed by atoms with Crippen LogP contribution in [0.25, 0.3) is 0 Å². The third-order valence-electron chi connectivity index (χ3n) is 9.42. The Morgan fingerprint density at radius 2 is 1.64 bits per heavy atom. The number of ether oxygens (including phenoxy) is 1. The Bertz CT molecular complexity index is 1080. The molecule has 2 saturated carbocycles. The van der Waals surface area contributed by atoms with Crippen LogP contribution in [-0.2, 0) is 23.9 Å². The molecule has 6 N–H and O–H groups in total. The highest BCUT2D eigenvalue weighted by molar-refractivity contribution is 6.37. The molecule has 0 aromatic carbocycles. The maximum atomic E-state index is 14.2. The Morgan fingerprint density at radius 1 is 1.02 bits per heavy atom. The first-order valence-electron chi connectivity index (χ1n) is 16.2. The monoisotopic (exact) mass is 621 g/mol. The molecule has 250 valence electrons. The molecule has 0 aromatic rings. The van der Waals surface area contributed by atoms with Gasteiger partial charge < -0.3 is 31.1 Å². The summed E-state index contributed by atoms with van der Waals surface area (Å²) in [7, 11) is 0. The maximum absolute atomic E-state index is 14.2. The molecule has 1 aliphatic heterocycles. The average molecular weight is 622 g/mol. The summed E-state index contributed by atoms with van der Waals surface area (Å²) in [5, 5.41) is 19.9. The van der Waals surface area contributed by atoms with Crippen molar-refractivity contribution in [3.63, 3.8) is 0 Å². The zero-order valence-corrected chi connectivity index (χ0v) is 27.8. The zero-order chi connectivity index (χ0) is 33.1. The Hall–Kier alpha value is -2.73. The smallest absolute Gasteiger partial charge is 0.328 e. The van der Waals surface area contributed by atoms with Gasteiger partial charge in [-0.3, -0.25) is 19.7 Å². The van der Waals surface area contributed by atoms with Gasteiger partial charge in [0.1, 0.15) is 18.3 Å². The number of esters is 1. The Balaban J connectivity index is 1.77. The molecule has 0 aromatic heterocycles. The topological polar surface area (TPSA) is 180 Å². The number of nitrogens with two attached hydrogens (primary N) is 1. The Labute approximate surface area is 261 Å². The summed E-state index contributed by atoms with van der Waals surface area (Å²) in [6.45, 7) is 15.8. The van der Waals surface area contributed by atoms with Crippen LogP contribution >= 0.6 is 0 Å². The molecule has 2 unspecified atom stereocenters. The fourth-order valence-corrected chi connectivity index (χ4v) is 5.96. The number of Topliss-reactive ketones (excluding diaryl/α,β-unsaturated/α-hetero) is 1. The summed E-state index contributed by atoms with van der Waals surface area (Å²) in [6.07, 6.45) is 3.58. The summed E-state index contributed by atoms with van der Waals surface area (Å²) in [4.78, 5) is 66.3. The van der Waals surface area contributed by atoms with E-state index >= 15 is 0 Å². The van der Waals surface area contributed by atoms with E-state index in [1.807, 2.05) is 48.5 Å². The molecule has 0 spiro atoms. The molecule has 3 fully saturated rings. The Kier molecular flexibility index (Phi) is 11.5. The van der Waals surface area contributed by atoms with Gasteiger partial charge in [-0.25, -0.2) is 9.59 Å². The summed E-state index contributed by atoms with van der Waals surface area (Å²) in [6, 6.07) is -4.21. The number of primary amides is 1. The van der Waals surface area contributed by atoms with Gasteiger partial charge in [0.25, 0.3) is 5.91 Å². The van der Waals surface area contributed by atoms with Crippen LogP contribution in [0.5, 0.6) is 0 Å². The quantitative estimate of drug-likeness (QED) is 0.105. The van der Waals surface area contributed by atoms with E-state index in [0.717, 1.165) is 25.7 Å². The van der Waals surface area contributed by atoms with Crippen LogP contribution in [0.15, 0.2) is 0 Å². The van der Waals surface area contributed by atoms with Crippen molar-refractivity contribution in [3.8, 4) is 0 Å². The van der Waals surface area contributed by atoms with Gasteiger partial charge in [0, 0.05) is 12.0 Å². The molecule has 4 amide bonds. The van der Waals surface area contributed by atoms with Crippen molar-refractivity contribution in [1.82, 2.24) is 20.9 Å². The fourth-order valence-electron chi connectivity index (χ4n) is 5.96. The predicted molar refractivity (Wildman–Crippen MR) is 165 cm³/mol. The second kappa shape index (κ2) is 14.1. The minimum Gasteiger partial charge on any atom is -0.464 e. The molecule has 1 saturated heterocycles. The highest BCUT2D eigenvalue weighted by Gasteiger charge is 2.48. The van der Waals surface area contributed by atoms with E-state index in [2.05, 4.69) is 22.9 Å². The lowest BCUT2D eigenvalue weighted by molar-refractivity contribution is -0.148. The van der Waals surface area contributed by atoms with Gasteiger partial charge in [0.15, 0.2) is 0 Å². The summed E-state index contributed by atoms with van der Waals surface area (Å²) >= 11 is 0. The van der Waals surface area contributed by atoms with Crippen LogP contribution in [0.2, 0.25) is 0 Å². The second-order valence-electron chi connectivity index (χ2n) is 15.3. The van der Waals surface area contributed by atoms with Crippen molar-refractivity contribution in [2.75, 3.05) is 13.2 Å². The van der Waals surface area contributed by atoms with E-state index in [0.29, 0.717) is 26.0 Å². The second-order valence-corrected chi connectivity index (χ2v) is 15.3. The van der Waals surface area contributed by atoms with Gasteiger partial charge in [-0.15, -0.1) is 0 Å². The molecule has 12 heteroatoms. The number of rotatable bonds is 15. The lowest BCUT2D eigenvalue weighted by Gasteiger charge is -2.39. The molecule has 6 atom stereocenters. The van der Waals surface area contributed by atoms with E-state index in [4.69, 9.17) is 10.5 Å². The van der Waals surface area contributed by atoms with E-state index < -0.39 is 59.5 Å². The van der Waals surface area contributed by atoms with Crippen molar-refractivity contribution in [3.05, 3.63) is 0 Å². The fraction of sp³-hybridized carbons (Fsp3) is 0.844. The van der Waals surface area contributed by atoms with Crippen LogP contribution in [-0.4, -0.2) is 83.2 Å². The van der Waals surface area contributed by atoms with Gasteiger partial charge in [-0.2, -0.15) is 0 Å². The van der Waals surface area contributed by atoms with E-state index in [1.54, 1.807) is 4.90 Å². The van der Waals surface area contributed by atoms with Crippen molar-refractivity contribution in [2.45, 2.75) is 124 Å². The van der Waals surface area contributed by atoms with Crippen molar-refractivity contribution in [2.24, 2.45) is 40.2 Å². The number of nitrogens with one attached hydrogen (secondary N) is 3. The molecular weight excluding hydrogens is 566 g/mol. The molecule has 3 aliphatic rings. The largest absolute Gasteiger partial charge is 0.464 e. The van der Waals surface area contributed by atoms with Crippen molar-refractivity contribution >= 4 is 29.6 Å². The minimum absolute atomic E-state index is 0.00772. The van der Waals surface area contributed by atoms with Gasteiger partial charge in [0.2, 0.25) is 11.7 Å². The van der Waals surface area contributed by atoms with Crippen molar-refractivity contribution in [1.29, 1.82) is 0 Å². The number of hydrogen-bond acceptors (Lipinski definition) is 8.